The fraction of sp³-hybridized carbons (Fsp3) is 0.286. The molecule has 2 rings (SSSR count). The van der Waals surface area contributed by atoms with Gasteiger partial charge in [0, 0.05) is 18.7 Å². The van der Waals surface area contributed by atoms with E-state index in [2.05, 4.69) is 16.9 Å². The lowest BCUT2D eigenvalue weighted by atomic mass is 10.1. The SMILES string of the molecule is CO[C@@H](C)c1nc(Cl)cc(-c2ccc(C)cc2)n1. The zero-order chi connectivity index (χ0) is 13.1. The molecule has 0 amide bonds. The highest BCUT2D eigenvalue weighted by Gasteiger charge is 2.11. The van der Waals surface area contributed by atoms with Crippen LogP contribution >= 0.6 is 11.6 Å². The van der Waals surface area contributed by atoms with Crippen LogP contribution in [0.3, 0.4) is 0 Å². The maximum atomic E-state index is 6.03. The largest absolute Gasteiger partial charge is 0.374 e. The van der Waals surface area contributed by atoms with Gasteiger partial charge >= 0.3 is 0 Å². The molecule has 0 aliphatic carbocycles. The minimum absolute atomic E-state index is 0.173. The number of hydrogen-bond acceptors (Lipinski definition) is 3. The molecule has 0 aliphatic rings. The first-order chi connectivity index (χ1) is 8.60. The average molecular weight is 263 g/mol. The Kier molecular flexibility index (Phi) is 3.94. The summed E-state index contributed by atoms with van der Waals surface area (Å²) < 4.78 is 5.22. The molecule has 94 valence electrons. The van der Waals surface area contributed by atoms with Gasteiger partial charge in [0.05, 0.1) is 5.69 Å². The molecule has 0 fully saturated rings. The molecule has 2 aromatic rings. The van der Waals surface area contributed by atoms with Crippen LogP contribution in [0.15, 0.2) is 30.3 Å². The van der Waals surface area contributed by atoms with Crippen LogP contribution in [-0.2, 0) is 4.74 Å². The van der Waals surface area contributed by atoms with Gasteiger partial charge in [-0.2, -0.15) is 0 Å². The van der Waals surface area contributed by atoms with Crippen LogP contribution in [0.5, 0.6) is 0 Å². The van der Waals surface area contributed by atoms with Gasteiger partial charge in [0.25, 0.3) is 0 Å². The first-order valence-electron chi connectivity index (χ1n) is 5.74. The van der Waals surface area contributed by atoms with Crippen molar-refractivity contribution >= 4 is 11.6 Å². The highest BCUT2D eigenvalue weighted by molar-refractivity contribution is 6.29. The maximum absolute atomic E-state index is 6.03. The first-order valence-corrected chi connectivity index (χ1v) is 6.12. The Balaban J connectivity index is 2.44. The predicted octanol–water partition coefficient (Wildman–Crippen LogP) is 3.81. The molecule has 0 bridgehead atoms. The van der Waals surface area contributed by atoms with Crippen molar-refractivity contribution in [2.24, 2.45) is 0 Å². The summed E-state index contributed by atoms with van der Waals surface area (Å²) in [7, 11) is 1.63. The third kappa shape index (κ3) is 2.86. The van der Waals surface area contributed by atoms with E-state index in [9.17, 15) is 0 Å². The Morgan fingerprint density at radius 2 is 1.83 bits per heavy atom. The van der Waals surface area contributed by atoms with Gasteiger partial charge in [-0.15, -0.1) is 0 Å². The monoisotopic (exact) mass is 262 g/mol. The number of aryl methyl sites for hydroxylation is 1. The Hall–Kier alpha value is -1.45. The predicted molar refractivity (Wildman–Crippen MR) is 72.6 cm³/mol. The van der Waals surface area contributed by atoms with E-state index in [1.54, 1.807) is 13.2 Å². The van der Waals surface area contributed by atoms with Gasteiger partial charge < -0.3 is 4.74 Å². The molecule has 18 heavy (non-hydrogen) atoms. The van der Waals surface area contributed by atoms with Crippen molar-refractivity contribution in [2.45, 2.75) is 20.0 Å². The van der Waals surface area contributed by atoms with Crippen molar-refractivity contribution in [3.8, 4) is 11.3 Å². The second-order valence-electron chi connectivity index (χ2n) is 4.18. The molecule has 1 aromatic carbocycles. The maximum Gasteiger partial charge on any atom is 0.159 e. The molecule has 0 saturated heterocycles. The van der Waals surface area contributed by atoms with E-state index in [0.29, 0.717) is 11.0 Å². The summed E-state index contributed by atoms with van der Waals surface area (Å²) in [5.74, 6) is 0.598. The zero-order valence-electron chi connectivity index (χ0n) is 10.6. The summed E-state index contributed by atoms with van der Waals surface area (Å²) in [6, 6.07) is 9.90. The summed E-state index contributed by atoms with van der Waals surface area (Å²) in [5.41, 5.74) is 3.05. The Bertz CT molecular complexity index is 540. The van der Waals surface area contributed by atoms with E-state index in [0.717, 1.165) is 11.3 Å². The number of benzene rings is 1. The Morgan fingerprint density at radius 1 is 1.17 bits per heavy atom. The topological polar surface area (TPSA) is 35.0 Å². The third-order valence-corrected chi connectivity index (χ3v) is 2.97. The number of ether oxygens (including phenoxy) is 1. The smallest absolute Gasteiger partial charge is 0.159 e. The van der Waals surface area contributed by atoms with E-state index >= 15 is 0 Å². The lowest BCUT2D eigenvalue weighted by Gasteiger charge is -2.10. The van der Waals surface area contributed by atoms with Crippen molar-refractivity contribution in [3.05, 3.63) is 46.9 Å². The average Bonchev–Trinajstić information content (AvgIpc) is 2.38. The van der Waals surface area contributed by atoms with Crippen LogP contribution < -0.4 is 0 Å². The molecule has 0 aliphatic heterocycles. The van der Waals surface area contributed by atoms with Crippen LogP contribution in [0.1, 0.15) is 24.4 Å². The fourth-order valence-corrected chi connectivity index (χ4v) is 1.78. The summed E-state index contributed by atoms with van der Waals surface area (Å²) in [5, 5.41) is 0.430. The van der Waals surface area contributed by atoms with Crippen LogP contribution in [-0.4, -0.2) is 17.1 Å². The zero-order valence-corrected chi connectivity index (χ0v) is 11.4. The minimum Gasteiger partial charge on any atom is -0.374 e. The summed E-state index contributed by atoms with van der Waals surface area (Å²) >= 11 is 6.03. The van der Waals surface area contributed by atoms with E-state index in [1.807, 2.05) is 31.2 Å². The van der Waals surface area contributed by atoms with Crippen LogP contribution in [0, 0.1) is 6.92 Å². The van der Waals surface area contributed by atoms with Gasteiger partial charge in [0.1, 0.15) is 11.3 Å². The number of halogens is 1. The number of nitrogens with zero attached hydrogens (tertiary/aromatic N) is 2. The molecule has 0 saturated carbocycles. The van der Waals surface area contributed by atoms with Gasteiger partial charge in [0.2, 0.25) is 0 Å². The normalized spacial score (nSPS) is 12.4. The first kappa shape index (κ1) is 13.0. The number of aromatic nitrogens is 2. The van der Waals surface area contributed by atoms with Crippen LogP contribution in [0.4, 0.5) is 0 Å². The van der Waals surface area contributed by atoms with E-state index in [1.165, 1.54) is 5.56 Å². The second-order valence-corrected chi connectivity index (χ2v) is 4.57. The van der Waals surface area contributed by atoms with Gasteiger partial charge in [-0.3, -0.25) is 0 Å². The van der Waals surface area contributed by atoms with Crippen molar-refractivity contribution in [1.82, 2.24) is 9.97 Å². The van der Waals surface area contributed by atoms with Crippen molar-refractivity contribution in [3.63, 3.8) is 0 Å². The van der Waals surface area contributed by atoms with E-state index in [-0.39, 0.29) is 6.10 Å². The highest BCUT2D eigenvalue weighted by Crippen LogP contribution is 2.23. The van der Waals surface area contributed by atoms with Gasteiger partial charge in [-0.25, -0.2) is 9.97 Å². The number of hydrogen-bond donors (Lipinski definition) is 0. The lowest BCUT2D eigenvalue weighted by molar-refractivity contribution is 0.112. The molecule has 1 aromatic heterocycles. The van der Waals surface area contributed by atoms with Crippen LogP contribution in [0.25, 0.3) is 11.3 Å². The molecule has 4 heteroatoms. The fourth-order valence-electron chi connectivity index (χ4n) is 1.59. The Morgan fingerprint density at radius 3 is 2.44 bits per heavy atom. The van der Waals surface area contributed by atoms with Crippen molar-refractivity contribution < 1.29 is 4.74 Å². The molecule has 0 radical (unpaired) electrons. The van der Waals surface area contributed by atoms with Gasteiger partial charge in [-0.1, -0.05) is 41.4 Å². The summed E-state index contributed by atoms with van der Waals surface area (Å²) in [6.45, 7) is 3.94. The van der Waals surface area contributed by atoms with Crippen molar-refractivity contribution in [2.75, 3.05) is 7.11 Å². The molecule has 1 atom stereocenters. The number of methoxy groups -OCH3 is 1. The lowest BCUT2D eigenvalue weighted by Crippen LogP contribution is -2.04. The Labute approximate surface area is 112 Å². The van der Waals surface area contributed by atoms with Gasteiger partial charge in [-0.05, 0) is 13.8 Å². The molecular weight excluding hydrogens is 248 g/mol. The quantitative estimate of drug-likeness (QED) is 0.789. The van der Waals surface area contributed by atoms with Crippen LogP contribution in [0.2, 0.25) is 5.15 Å². The highest BCUT2D eigenvalue weighted by atomic mass is 35.5. The minimum atomic E-state index is -0.173. The molecule has 3 nitrogen and oxygen atoms in total. The van der Waals surface area contributed by atoms with Gasteiger partial charge in [0.15, 0.2) is 5.82 Å². The molecular formula is C14H15ClN2O. The standard InChI is InChI=1S/C14H15ClN2O/c1-9-4-6-11(7-5-9)12-8-13(15)17-14(16-12)10(2)18-3/h4-8,10H,1-3H3/t10-/m0/s1. The molecule has 0 N–H and O–H groups in total. The van der Waals surface area contributed by atoms with E-state index < -0.39 is 0 Å². The molecule has 0 spiro atoms. The van der Waals surface area contributed by atoms with E-state index in [4.69, 9.17) is 16.3 Å². The number of rotatable bonds is 3. The summed E-state index contributed by atoms with van der Waals surface area (Å²) in [6.07, 6.45) is -0.173. The second kappa shape index (κ2) is 5.46. The molecule has 0 unspecified atom stereocenters. The summed E-state index contributed by atoms with van der Waals surface area (Å²) in [4.78, 5) is 8.66. The molecule has 1 heterocycles. The third-order valence-electron chi connectivity index (χ3n) is 2.78. The van der Waals surface area contributed by atoms with Crippen molar-refractivity contribution in [1.29, 1.82) is 0 Å².